The summed E-state index contributed by atoms with van der Waals surface area (Å²) >= 11 is 2.70. The molecule has 0 radical (unpaired) electrons. The standard InChI is InChI=1S/C8H4BrF6N/c9-1-3-2-16-7(12)4(6(10)11)5(3)8(13,14)15/h2,6H,1H2. The molecule has 1 aromatic heterocycles. The molecule has 16 heavy (non-hydrogen) atoms. The van der Waals surface area contributed by atoms with Gasteiger partial charge in [0.15, 0.2) is 0 Å². The van der Waals surface area contributed by atoms with E-state index in [4.69, 9.17) is 0 Å². The van der Waals surface area contributed by atoms with Gasteiger partial charge in [0.2, 0.25) is 5.95 Å². The number of hydrogen-bond acceptors (Lipinski definition) is 1. The second-order valence-electron chi connectivity index (χ2n) is 2.80. The van der Waals surface area contributed by atoms with E-state index < -0.39 is 35.2 Å². The third-order valence-electron chi connectivity index (χ3n) is 1.79. The lowest BCUT2D eigenvalue weighted by molar-refractivity contribution is -0.140. The van der Waals surface area contributed by atoms with E-state index in [1.165, 1.54) is 0 Å². The fourth-order valence-electron chi connectivity index (χ4n) is 1.18. The Labute approximate surface area is 94.6 Å². The predicted octanol–water partition coefficient (Wildman–Crippen LogP) is 4.07. The Bertz CT molecular complexity index is 389. The lowest BCUT2D eigenvalue weighted by Gasteiger charge is -2.15. The van der Waals surface area contributed by atoms with Crippen molar-refractivity contribution in [2.75, 3.05) is 0 Å². The Morgan fingerprint density at radius 3 is 2.25 bits per heavy atom. The first-order valence-electron chi connectivity index (χ1n) is 3.87. The largest absolute Gasteiger partial charge is 0.417 e. The van der Waals surface area contributed by atoms with Crippen LogP contribution in [-0.2, 0) is 11.5 Å². The number of nitrogens with zero attached hydrogens (tertiary/aromatic N) is 1. The first-order chi connectivity index (χ1) is 7.29. The highest BCUT2D eigenvalue weighted by Crippen LogP contribution is 2.39. The fourth-order valence-corrected chi connectivity index (χ4v) is 1.61. The van der Waals surface area contributed by atoms with E-state index in [-0.39, 0.29) is 5.33 Å². The Hall–Kier alpha value is -0.790. The summed E-state index contributed by atoms with van der Waals surface area (Å²) in [6.07, 6.45) is -8.03. The van der Waals surface area contributed by atoms with Gasteiger partial charge in [-0.05, 0) is 5.56 Å². The zero-order valence-corrected chi connectivity index (χ0v) is 9.04. The van der Waals surface area contributed by atoms with Crippen molar-refractivity contribution in [1.82, 2.24) is 4.98 Å². The Kier molecular flexibility index (Phi) is 3.82. The van der Waals surface area contributed by atoms with Crippen LogP contribution < -0.4 is 0 Å². The van der Waals surface area contributed by atoms with Gasteiger partial charge in [0, 0.05) is 11.5 Å². The molecule has 0 aliphatic heterocycles. The van der Waals surface area contributed by atoms with Crippen LogP contribution in [0.1, 0.15) is 23.1 Å². The molecular weight excluding hydrogens is 304 g/mol. The van der Waals surface area contributed by atoms with E-state index >= 15 is 0 Å². The maximum Gasteiger partial charge on any atom is 0.417 e. The molecule has 1 rings (SSSR count). The minimum atomic E-state index is -5.04. The van der Waals surface area contributed by atoms with E-state index in [0.29, 0.717) is 6.20 Å². The smallest absolute Gasteiger partial charge is 0.228 e. The molecule has 0 amide bonds. The molecule has 0 atom stereocenters. The maximum absolute atomic E-state index is 12.8. The van der Waals surface area contributed by atoms with Crippen molar-refractivity contribution in [3.8, 4) is 0 Å². The second-order valence-corrected chi connectivity index (χ2v) is 3.36. The summed E-state index contributed by atoms with van der Waals surface area (Å²) < 4.78 is 75.0. The minimum absolute atomic E-state index is 0.338. The molecule has 90 valence electrons. The van der Waals surface area contributed by atoms with Crippen LogP contribution in [0.2, 0.25) is 0 Å². The predicted molar refractivity (Wildman–Crippen MR) is 46.8 cm³/mol. The van der Waals surface area contributed by atoms with Crippen LogP contribution >= 0.6 is 15.9 Å². The molecular formula is C8H4BrF6N. The molecule has 0 saturated heterocycles. The summed E-state index contributed by atoms with van der Waals surface area (Å²) in [5.74, 6) is -1.80. The molecule has 0 unspecified atom stereocenters. The Morgan fingerprint density at radius 1 is 1.31 bits per heavy atom. The molecule has 0 N–H and O–H groups in total. The molecule has 0 spiro atoms. The summed E-state index contributed by atoms with van der Waals surface area (Å²) in [6, 6.07) is 0. The second kappa shape index (κ2) is 4.60. The number of rotatable bonds is 2. The van der Waals surface area contributed by atoms with Gasteiger partial charge in [0.1, 0.15) is 0 Å². The number of pyridine rings is 1. The first kappa shape index (κ1) is 13.3. The van der Waals surface area contributed by atoms with Gasteiger partial charge in [0.25, 0.3) is 6.43 Å². The topological polar surface area (TPSA) is 12.9 Å². The van der Waals surface area contributed by atoms with Crippen molar-refractivity contribution in [3.63, 3.8) is 0 Å². The fraction of sp³-hybridized carbons (Fsp3) is 0.375. The molecule has 1 aromatic rings. The average Bonchev–Trinajstić information content (AvgIpc) is 2.15. The molecule has 0 aromatic carbocycles. The molecule has 0 fully saturated rings. The lowest BCUT2D eigenvalue weighted by Crippen LogP contribution is -2.15. The van der Waals surface area contributed by atoms with Gasteiger partial charge in [-0.25, -0.2) is 13.8 Å². The van der Waals surface area contributed by atoms with Crippen LogP contribution in [-0.4, -0.2) is 4.98 Å². The van der Waals surface area contributed by atoms with Gasteiger partial charge >= 0.3 is 6.18 Å². The minimum Gasteiger partial charge on any atom is -0.228 e. The summed E-state index contributed by atoms with van der Waals surface area (Å²) in [6.45, 7) is 0. The van der Waals surface area contributed by atoms with Crippen molar-refractivity contribution in [3.05, 3.63) is 28.8 Å². The average molecular weight is 308 g/mol. The highest BCUT2D eigenvalue weighted by molar-refractivity contribution is 9.08. The number of alkyl halides is 6. The molecule has 0 aliphatic carbocycles. The van der Waals surface area contributed by atoms with Gasteiger partial charge in [0.05, 0.1) is 11.1 Å². The van der Waals surface area contributed by atoms with Crippen molar-refractivity contribution in [2.24, 2.45) is 0 Å². The van der Waals surface area contributed by atoms with E-state index in [2.05, 4.69) is 20.9 Å². The van der Waals surface area contributed by atoms with E-state index in [1.807, 2.05) is 0 Å². The zero-order valence-electron chi connectivity index (χ0n) is 7.45. The highest BCUT2D eigenvalue weighted by Gasteiger charge is 2.40. The van der Waals surface area contributed by atoms with Crippen molar-refractivity contribution < 1.29 is 26.3 Å². The van der Waals surface area contributed by atoms with Crippen LogP contribution in [0.5, 0.6) is 0 Å². The van der Waals surface area contributed by atoms with Crippen LogP contribution in [0, 0.1) is 5.95 Å². The van der Waals surface area contributed by atoms with Crippen LogP contribution in [0.4, 0.5) is 26.3 Å². The van der Waals surface area contributed by atoms with Crippen LogP contribution in [0.3, 0.4) is 0 Å². The quantitative estimate of drug-likeness (QED) is 0.456. The SMILES string of the molecule is Fc1ncc(CBr)c(C(F)(F)F)c1C(F)F. The lowest BCUT2D eigenvalue weighted by atomic mass is 10.1. The molecule has 0 saturated carbocycles. The summed E-state index contributed by atoms with van der Waals surface area (Å²) in [7, 11) is 0. The molecule has 1 heterocycles. The van der Waals surface area contributed by atoms with Crippen molar-refractivity contribution in [1.29, 1.82) is 0 Å². The monoisotopic (exact) mass is 307 g/mol. The van der Waals surface area contributed by atoms with Gasteiger partial charge in [-0.15, -0.1) is 0 Å². The van der Waals surface area contributed by atoms with Crippen LogP contribution in [0.25, 0.3) is 0 Å². The van der Waals surface area contributed by atoms with Gasteiger partial charge < -0.3 is 0 Å². The van der Waals surface area contributed by atoms with E-state index in [1.54, 1.807) is 0 Å². The Morgan fingerprint density at radius 2 is 1.88 bits per heavy atom. The molecule has 8 heteroatoms. The third-order valence-corrected chi connectivity index (χ3v) is 2.40. The number of aromatic nitrogens is 1. The summed E-state index contributed by atoms with van der Waals surface area (Å²) in [5, 5.41) is -0.338. The highest BCUT2D eigenvalue weighted by atomic mass is 79.9. The van der Waals surface area contributed by atoms with E-state index in [0.717, 1.165) is 0 Å². The van der Waals surface area contributed by atoms with Crippen molar-refractivity contribution in [2.45, 2.75) is 17.9 Å². The van der Waals surface area contributed by atoms with Gasteiger partial charge in [-0.1, -0.05) is 15.9 Å². The van der Waals surface area contributed by atoms with Gasteiger partial charge in [-0.2, -0.15) is 17.6 Å². The van der Waals surface area contributed by atoms with Gasteiger partial charge in [-0.3, -0.25) is 0 Å². The van der Waals surface area contributed by atoms with Crippen LogP contribution in [0.15, 0.2) is 6.20 Å². The third kappa shape index (κ3) is 2.47. The summed E-state index contributed by atoms with van der Waals surface area (Å²) in [5.41, 5.74) is -3.89. The molecule has 0 bridgehead atoms. The first-order valence-corrected chi connectivity index (χ1v) is 4.99. The normalized spacial score (nSPS) is 12.2. The molecule has 1 nitrogen and oxygen atoms in total. The van der Waals surface area contributed by atoms with Crippen molar-refractivity contribution >= 4 is 15.9 Å². The number of halogens is 7. The van der Waals surface area contributed by atoms with E-state index in [9.17, 15) is 26.3 Å². The molecule has 0 aliphatic rings. The Balaban J connectivity index is 3.56. The summed E-state index contributed by atoms with van der Waals surface area (Å²) in [4.78, 5) is 2.87. The zero-order chi connectivity index (χ0) is 12.5. The maximum atomic E-state index is 12.8. The number of hydrogen-bond donors (Lipinski definition) is 0.